The lowest BCUT2D eigenvalue weighted by molar-refractivity contribution is 0.620. The smallest absolute Gasteiger partial charge is 0.324 e. The van der Waals surface area contributed by atoms with Crippen molar-refractivity contribution in [1.29, 1.82) is 5.26 Å². The fraction of sp³-hybridized carbons (Fsp3) is 0.0769. The normalized spacial score (nSPS) is 10.9. The molecule has 0 amide bonds. The third-order valence-electron chi connectivity index (χ3n) is 5.62. The second-order valence-electron chi connectivity index (χ2n) is 8.22. The van der Waals surface area contributed by atoms with Crippen molar-refractivity contribution in [2.45, 2.75) is 13.5 Å². The molecule has 0 atom stereocenters. The molecule has 0 bridgehead atoms. The number of hydrogen-bond donors (Lipinski definition) is 1. The zero-order valence-electron chi connectivity index (χ0n) is 19.3. The number of anilines is 2. The minimum absolute atomic E-state index is 0.0835. The lowest BCUT2D eigenvalue weighted by atomic mass is 10.1. The van der Waals surface area contributed by atoms with Gasteiger partial charge in [0.25, 0.3) is 0 Å². The molecule has 0 spiro atoms. The van der Waals surface area contributed by atoms with Gasteiger partial charge in [-0.1, -0.05) is 23.7 Å². The Kier molecular flexibility index (Phi) is 6.21. The van der Waals surface area contributed by atoms with E-state index < -0.39 is 17.2 Å². The van der Waals surface area contributed by atoms with Crippen LogP contribution in [0.15, 0.2) is 76.7 Å². The van der Waals surface area contributed by atoms with Crippen LogP contribution in [-0.2, 0) is 6.54 Å². The molecule has 182 valence electrons. The molecule has 0 saturated carbocycles. The summed E-state index contributed by atoms with van der Waals surface area (Å²) in [5, 5.41) is 13.3. The largest absolute Gasteiger partial charge is 0.359 e. The summed E-state index contributed by atoms with van der Waals surface area (Å²) in [7, 11) is 0. The van der Waals surface area contributed by atoms with E-state index in [1.54, 1.807) is 49.7 Å². The number of aryl methyl sites for hydroxylation is 1. The Morgan fingerprint density at radius 2 is 1.97 bits per heavy atom. The van der Waals surface area contributed by atoms with Crippen molar-refractivity contribution >= 4 is 34.1 Å². The summed E-state index contributed by atoms with van der Waals surface area (Å²) < 4.78 is 16.0. The first-order chi connectivity index (χ1) is 17.8. The minimum atomic E-state index is -0.827. The summed E-state index contributed by atoms with van der Waals surface area (Å²) in [4.78, 5) is 39.2. The van der Waals surface area contributed by atoms with Crippen LogP contribution in [0.4, 0.5) is 16.0 Å². The van der Waals surface area contributed by atoms with Crippen LogP contribution in [0.2, 0.25) is 5.02 Å². The number of rotatable bonds is 5. The maximum absolute atomic E-state index is 13.9. The highest BCUT2D eigenvalue weighted by molar-refractivity contribution is 6.34. The molecule has 37 heavy (non-hydrogen) atoms. The number of nitriles is 1. The van der Waals surface area contributed by atoms with Gasteiger partial charge in [0.15, 0.2) is 0 Å². The summed E-state index contributed by atoms with van der Waals surface area (Å²) in [6.45, 7) is 1.66. The van der Waals surface area contributed by atoms with E-state index in [4.69, 9.17) is 11.6 Å². The number of halogens is 2. The molecule has 0 radical (unpaired) electrons. The molecular formula is C26H17ClFN7O2. The van der Waals surface area contributed by atoms with Crippen molar-refractivity contribution < 1.29 is 4.39 Å². The average molecular weight is 514 g/mol. The van der Waals surface area contributed by atoms with E-state index in [9.17, 15) is 19.2 Å². The summed E-state index contributed by atoms with van der Waals surface area (Å²) in [6, 6.07) is 14.3. The van der Waals surface area contributed by atoms with E-state index in [1.165, 1.54) is 22.9 Å². The molecule has 5 rings (SSSR count). The van der Waals surface area contributed by atoms with Gasteiger partial charge in [0, 0.05) is 17.8 Å². The first-order valence-corrected chi connectivity index (χ1v) is 11.4. The average Bonchev–Trinajstić information content (AvgIpc) is 2.87. The number of hydrogen-bond acceptors (Lipinski definition) is 7. The Hall–Kier alpha value is -4.88. The Morgan fingerprint density at radius 1 is 1.14 bits per heavy atom. The Balaban J connectivity index is 1.69. The van der Waals surface area contributed by atoms with Gasteiger partial charge in [0.1, 0.15) is 11.9 Å². The van der Waals surface area contributed by atoms with E-state index in [0.29, 0.717) is 21.8 Å². The van der Waals surface area contributed by atoms with Crippen molar-refractivity contribution in [3.05, 3.63) is 116 Å². The summed E-state index contributed by atoms with van der Waals surface area (Å²) >= 11 is 6.46. The van der Waals surface area contributed by atoms with Crippen molar-refractivity contribution in [3.8, 4) is 11.8 Å². The van der Waals surface area contributed by atoms with E-state index in [2.05, 4.69) is 20.3 Å². The Labute approximate surface area is 214 Å². The van der Waals surface area contributed by atoms with Crippen molar-refractivity contribution in [3.63, 3.8) is 0 Å². The number of aromatic nitrogens is 5. The van der Waals surface area contributed by atoms with Crippen LogP contribution >= 0.6 is 11.6 Å². The highest BCUT2D eigenvalue weighted by atomic mass is 35.5. The van der Waals surface area contributed by atoms with E-state index >= 15 is 0 Å². The van der Waals surface area contributed by atoms with Crippen LogP contribution in [0.5, 0.6) is 0 Å². The number of nitrogens with one attached hydrogen (secondary N) is 1. The van der Waals surface area contributed by atoms with E-state index in [-0.39, 0.29) is 23.7 Å². The molecule has 3 heterocycles. The first kappa shape index (κ1) is 23.8. The van der Waals surface area contributed by atoms with Gasteiger partial charge in [0.05, 0.1) is 40.2 Å². The molecule has 9 nitrogen and oxygen atoms in total. The van der Waals surface area contributed by atoms with Gasteiger partial charge in [-0.25, -0.2) is 18.5 Å². The molecule has 3 aromatic heterocycles. The zero-order chi connectivity index (χ0) is 26.1. The summed E-state index contributed by atoms with van der Waals surface area (Å²) in [6.07, 6.45) is 4.62. The predicted molar refractivity (Wildman–Crippen MR) is 137 cm³/mol. The maximum Gasteiger partial charge on any atom is 0.359 e. The molecule has 0 saturated heterocycles. The first-order valence-electron chi connectivity index (χ1n) is 11.0. The quantitative estimate of drug-likeness (QED) is 0.376. The lowest BCUT2D eigenvalue weighted by Gasteiger charge is -2.17. The number of pyridine rings is 2. The number of fused-ring (bicyclic) bond motifs is 1. The third kappa shape index (κ3) is 4.68. The molecule has 0 fully saturated rings. The molecular weight excluding hydrogens is 497 g/mol. The topological polar surface area (TPSA) is 118 Å². The van der Waals surface area contributed by atoms with Gasteiger partial charge in [-0.3, -0.25) is 14.5 Å². The molecule has 1 N–H and O–H groups in total. The molecule has 2 aromatic carbocycles. The van der Waals surface area contributed by atoms with Crippen LogP contribution in [0.25, 0.3) is 16.6 Å². The second-order valence-corrected chi connectivity index (χ2v) is 8.63. The monoisotopic (exact) mass is 513 g/mol. The standard InChI is InChI=1S/C26H17ClFN7O2/c1-15-7-19(13-30-12-15)35-25(36)33-24(32-23-9-17-3-2-6-31-22(17)10-20(23)27)34(26(35)37)14-16-4-5-21(28)18(8-16)11-29/h2-10,12-13H,14H2,1H3,(H,32,33,36). The van der Waals surface area contributed by atoms with Crippen molar-refractivity contribution in [1.82, 2.24) is 24.1 Å². The minimum Gasteiger partial charge on any atom is -0.324 e. The van der Waals surface area contributed by atoms with Gasteiger partial charge in [-0.05, 0) is 54.4 Å². The Bertz CT molecular complexity index is 1840. The van der Waals surface area contributed by atoms with Gasteiger partial charge in [0.2, 0.25) is 5.95 Å². The lowest BCUT2D eigenvalue weighted by Crippen LogP contribution is -2.41. The van der Waals surface area contributed by atoms with Crippen LogP contribution in [-0.4, -0.2) is 24.1 Å². The third-order valence-corrected chi connectivity index (χ3v) is 5.93. The van der Waals surface area contributed by atoms with E-state index in [1.807, 2.05) is 6.07 Å². The van der Waals surface area contributed by atoms with Crippen molar-refractivity contribution in [2.75, 3.05) is 5.32 Å². The van der Waals surface area contributed by atoms with Gasteiger partial charge in [-0.2, -0.15) is 10.2 Å². The molecule has 5 aromatic rings. The number of benzene rings is 2. The van der Waals surface area contributed by atoms with Crippen LogP contribution in [0.3, 0.4) is 0 Å². The van der Waals surface area contributed by atoms with Crippen molar-refractivity contribution in [2.24, 2.45) is 0 Å². The maximum atomic E-state index is 13.9. The molecule has 11 heteroatoms. The van der Waals surface area contributed by atoms with Gasteiger partial charge >= 0.3 is 11.4 Å². The second kappa shape index (κ2) is 9.64. The fourth-order valence-corrected chi connectivity index (χ4v) is 4.07. The fourth-order valence-electron chi connectivity index (χ4n) is 3.86. The summed E-state index contributed by atoms with van der Waals surface area (Å²) in [5.74, 6) is -0.762. The van der Waals surface area contributed by atoms with Crippen LogP contribution < -0.4 is 16.7 Å². The zero-order valence-corrected chi connectivity index (χ0v) is 20.1. The number of nitrogens with zero attached hydrogens (tertiary/aromatic N) is 6. The predicted octanol–water partition coefficient (Wildman–Crippen LogP) is 4.10. The summed E-state index contributed by atoms with van der Waals surface area (Å²) in [5.41, 5.74) is 0.791. The van der Waals surface area contributed by atoms with Gasteiger partial charge < -0.3 is 5.32 Å². The highest BCUT2D eigenvalue weighted by Gasteiger charge is 2.18. The van der Waals surface area contributed by atoms with Gasteiger partial charge in [-0.15, -0.1) is 0 Å². The highest BCUT2D eigenvalue weighted by Crippen LogP contribution is 2.29. The SMILES string of the molecule is Cc1cncc(-n2c(=O)nc(Nc3cc4cccnc4cc3Cl)n(Cc3ccc(F)c(C#N)c3)c2=O)c1. The molecule has 0 unspecified atom stereocenters. The van der Waals surface area contributed by atoms with Crippen LogP contribution in [0, 0.1) is 24.1 Å². The molecule has 0 aliphatic carbocycles. The Morgan fingerprint density at radius 3 is 2.76 bits per heavy atom. The molecule has 0 aliphatic rings. The molecule has 0 aliphatic heterocycles. The van der Waals surface area contributed by atoms with E-state index in [0.717, 1.165) is 21.6 Å². The van der Waals surface area contributed by atoms with Crippen LogP contribution in [0.1, 0.15) is 16.7 Å².